The molecule has 10 nitrogen and oxygen atoms in total. The van der Waals surface area contributed by atoms with Crippen LogP contribution in [0.15, 0.2) is 84.4 Å². The number of benzene rings is 3. The minimum Gasteiger partial charge on any atom is -0.508 e. The third kappa shape index (κ3) is 4.18. The van der Waals surface area contributed by atoms with Crippen LogP contribution in [-0.2, 0) is 29.3 Å². The molecular formula is C34H27ClFN3O7. The molecule has 7 rings (SSSR count). The minimum atomic E-state index is -1.58. The van der Waals surface area contributed by atoms with Crippen LogP contribution in [0, 0.1) is 29.5 Å². The zero-order valence-electron chi connectivity index (χ0n) is 24.4. The highest BCUT2D eigenvalue weighted by Gasteiger charge is 2.70. The summed E-state index contributed by atoms with van der Waals surface area (Å²) in [5, 5.41) is 12.0. The van der Waals surface area contributed by atoms with E-state index in [2.05, 4.69) is 5.43 Å². The van der Waals surface area contributed by atoms with Crippen molar-refractivity contribution in [3.63, 3.8) is 0 Å². The Kier molecular flexibility index (Phi) is 6.97. The van der Waals surface area contributed by atoms with Crippen LogP contribution in [0.1, 0.15) is 29.9 Å². The van der Waals surface area contributed by atoms with Gasteiger partial charge in [-0.15, -0.1) is 0 Å². The minimum absolute atomic E-state index is 0.00511. The van der Waals surface area contributed by atoms with Gasteiger partial charge in [0, 0.05) is 10.9 Å². The van der Waals surface area contributed by atoms with Crippen LogP contribution in [0.3, 0.4) is 0 Å². The zero-order valence-corrected chi connectivity index (χ0v) is 25.1. The summed E-state index contributed by atoms with van der Waals surface area (Å²) in [5.41, 5.74) is 3.24. The number of carbonyl (C=O) groups excluding carboxylic acids is 5. The fourth-order valence-electron chi connectivity index (χ4n) is 8.01. The summed E-state index contributed by atoms with van der Waals surface area (Å²) >= 11 is 6.27. The topological polar surface area (TPSA) is 133 Å². The lowest BCUT2D eigenvalue weighted by Crippen LogP contribution is -2.53. The van der Waals surface area contributed by atoms with Crippen LogP contribution in [0.4, 0.5) is 14.9 Å². The molecule has 0 spiro atoms. The van der Waals surface area contributed by atoms with Gasteiger partial charge < -0.3 is 9.84 Å². The van der Waals surface area contributed by atoms with Crippen LogP contribution >= 0.6 is 11.6 Å². The van der Waals surface area contributed by atoms with Gasteiger partial charge in [-0.25, -0.2) is 9.18 Å². The summed E-state index contributed by atoms with van der Waals surface area (Å²) in [6, 6.07) is 18.2. The molecular weight excluding hydrogens is 617 g/mol. The number of anilines is 1. The number of nitrogens with one attached hydrogen (secondary N) is 1. The molecule has 2 heterocycles. The normalized spacial score (nSPS) is 28.4. The summed E-state index contributed by atoms with van der Waals surface area (Å²) in [7, 11) is 1.08. The number of hydrogen-bond donors (Lipinski definition) is 2. The Hall–Kier alpha value is -5.03. The number of fused-ring (bicyclic) bond motifs is 4. The van der Waals surface area contributed by atoms with E-state index in [1.54, 1.807) is 36.4 Å². The second-order valence-corrected chi connectivity index (χ2v) is 12.4. The average Bonchev–Trinajstić information content (AvgIpc) is 3.43. The molecule has 2 saturated heterocycles. The number of methoxy groups -OCH3 is 1. The van der Waals surface area contributed by atoms with Crippen LogP contribution in [0.5, 0.6) is 5.75 Å². The van der Waals surface area contributed by atoms with Crippen molar-refractivity contribution in [3.05, 3.63) is 106 Å². The number of rotatable bonds is 4. The predicted molar refractivity (Wildman–Crippen MR) is 161 cm³/mol. The van der Waals surface area contributed by atoms with Gasteiger partial charge in [0.15, 0.2) is 0 Å². The number of aromatic hydroxyl groups is 1. The number of likely N-dealkylation sites (tertiary alicyclic amines) is 1. The number of imide groups is 4. The Morgan fingerprint density at radius 1 is 0.978 bits per heavy atom. The Labute approximate surface area is 267 Å². The number of hydrogen-bond acceptors (Lipinski definition) is 8. The van der Waals surface area contributed by atoms with E-state index >= 15 is 0 Å². The smallest absolute Gasteiger partial charge is 0.423 e. The number of phenolic OH excluding ortho intramolecular Hbond substituents is 1. The van der Waals surface area contributed by atoms with Crippen molar-refractivity contribution in [3.8, 4) is 5.75 Å². The fourth-order valence-corrected chi connectivity index (χ4v) is 8.13. The molecule has 3 aromatic carbocycles. The first-order valence-electron chi connectivity index (χ1n) is 14.7. The van der Waals surface area contributed by atoms with Crippen LogP contribution in [-0.4, -0.2) is 51.8 Å². The number of allylic oxidation sites excluding steroid dienone is 2. The third-order valence-corrected chi connectivity index (χ3v) is 10.1. The molecule has 2 aliphatic carbocycles. The summed E-state index contributed by atoms with van der Waals surface area (Å²) < 4.78 is 18.5. The van der Waals surface area contributed by atoms with E-state index in [-0.39, 0.29) is 18.6 Å². The van der Waals surface area contributed by atoms with Crippen molar-refractivity contribution >= 4 is 47.0 Å². The molecule has 0 bridgehead atoms. The van der Waals surface area contributed by atoms with Gasteiger partial charge >= 0.3 is 6.09 Å². The first kappa shape index (κ1) is 29.7. The number of hydrazine groups is 1. The maximum absolute atomic E-state index is 15.0. The number of halogens is 2. The molecule has 5 amide bonds. The molecule has 46 heavy (non-hydrogen) atoms. The molecule has 1 saturated carbocycles. The molecule has 3 aromatic rings. The van der Waals surface area contributed by atoms with Crippen LogP contribution in [0.2, 0.25) is 5.02 Å². The molecule has 12 heteroatoms. The number of phenols is 1. The van der Waals surface area contributed by atoms with Gasteiger partial charge in [0.05, 0.1) is 36.0 Å². The van der Waals surface area contributed by atoms with Gasteiger partial charge in [-0.2, -0.15) is 9.91 Å². The van der Waals surface area contributed by atoms with E-state index in [0.29, 0.717) is 32.3 Å². The van der Waals surface area contributed by atoms with Crippen molar-refractivity contribution < 1.29 is 38.2 Å². The van der Waals surface area contributed by atoms with E-state index in [4.69, 9.17) is 16.3 Å². The highest BCUT2D eigenvalue weighted by atomic mass is 35.5. The molecule has 0 radical (unpaired) electrons. The van der Waals surface area contributed by atoms with E-state index in [1.165, 1.54) is 36.4 Å². The Morgan fingerprint density at radius 2 is 1.70 bits per heavy atom. The van der Waals surface area contributed by atoms with Crippen LogP contribution < -0.4 is 5.43 Å². The second kappa shape index (κ2) is 10.8. The second-order valence-electron chi connectivity index (χ2n) is 12.0. The zero-order chi connectivity index (χ0) is 32.5. The van der Waals surface area contributed by atoms with E-state index < -0.39 is 70.5 Å². The van der Waals surface area contributed by atoms with Gasteiger partial charge in [-0.3, -0.25) is 24.6 Å². The van der Waals surface area contributed by atoms with Gasteiger partial charge in [0.1, 0.15) is 11.6 Å². The first-order valence-corrected chi connectivity index (χ1v) is 15.1. The summed E-state index contributed by atoms with van der Waals surface area (Å²) in [6.07, 6.45) is 0.869. The number of ether oxygens (including phenoxy) is 1. The van der Waals surface area contributed by atoms with Gasteiger partial charge in [-0.05, 0) is 78.4 Å². The molecule has 234 valence electrons. The summed E-state index contributed by atoms with van der Waals surface area (Å²) in [5.74, 6) is -7.60. The third-order valence-electron chi connectivity index (χ3n) is 9.82. The van der Waals surface area contributed by atoms with Gasteiger partial charge in [0.25, 0.3) is 11.8 Å². The standard InChI is InChI=1S/C34H27ClFN3O7/c1-46-33(45)38-29(41)24-14-13-23-25(27(24)31(38)43)16-26-30(42)39(37-21-11-9-20(36)10-12-21)32(44)34(26,18-5-7-19(35)8-6-18)28(23)17-3-2-4-22(40)15-17/h2-13,15,24-28,37,40H,14,16H2,1H3. The lowest BCUT2D eigenvalue weighted by Gasteiger charge is -2.50. The number of amides is 5. The maximum atomic E-state index is 15.0. The molecule has 2 aliphatic heterocycles. The lowest BCUT2D eigenvalue weighted by molar-refractivity contribution is -0.140. The largest absolute Gasteiger partial charge is 0.508 e. The Morgan fingerprint density at radius 3 is 2.37 bits per heavy atom. The highest BCUT2D eigenvalue weighted by Crippen LogP contribution is 2.64. The Balaban J connectivity index is 1.45. The number of nitrogens with zero attached hydrogens (tertiary/aromatic N) is 2. The highest BCUT2D eigenvalue weighted by molar-refractivity contribution is 6.30. The van der Waals surface area contributed by atoms with E-state index in [9.17, 15) is 33.5 Å². The predicted octanol–water partition coefficient (Wildman–Crippen LogP) is 4.94. The summed E-state index contributed by atoms with van der Waals surface area (Å²) in [6.45, 7) is 0. The monoisotopic (exact) mass is 643 g/mol. The van der Waals surface area contributed by atoms with Crippen molar-refractivity contribution in [2.75, 3.05) is 12.5 Å². The van der Waals surface area contributed by atoms with Gasteiger partial charge in [0.2, 0.25) is 11.8 Å². The van der Waals surface area contributed by atoms with Crippen molar-refractivity contribution in [1.82, 2.24) is 9.91 Å². The average molecular weight is 644 g/mol. The van der Waals surface area contributed by atoms with Crippen molar-refractivity contribution in [1.29, 1.82) is 0 Å². The van der Waals surface area contributed by atoms with E-state index in [1.807, 2.05) is 6.08 Å². The summed E-state index contributed by atoms with van der Waals surface area (Å²) in [4.78, 5) is 69.6. The fraction of sp³-hybridized carbons (Fsp3) is 0.265. The molecule has 6 unspecified atom stereocenters. The Bertz CT molecular complexity index is 1850. The van der Waals surface area contributed by atoms with Crippen molar-refractivity contribution in [2.24, 2.45) is 23.7 Å². The lowest BCUT2D eigenvalue weighted by atomic mass is 9.49. The quantitative estimate of drug-likeness (QED) is 0.302. The first-order chi connectivity index (χ1) is 22.1. The van der Waals surface area contributed by atoms with E-state index in [0.717, 1.165) is 12.1 Å². The molecule has 3 fully saturated rings. The van der Waals surface area contributed by atoms with Crippen molar-refractivity contribution in [2.45, 2.75) is 24.2 Å². The maximum Gasteiger partial charge on any atom is 0.423 e. The molecule has 2 N–H and O–H groups in total. The molecule has 4 aliphatic rings. The molecule has 0 aromatic heterocycles. The van der Waals surface area contributed by atoms with Gasteiger partial charge in [-0.1, -0.05) is 47.5 Å². The SMILES string of the molecule is COC(=O)N1C(=O)C2CC=C3C(CC4C(=O)N(Nc5ccc(F)cc5)C(=O)C4(c4ccc(Cl)cc4)C3c3cccc(O)c3)C2C1=O. The van der Waals surface area contributed by atoms with Crippen LogP contribution in [0.25, 0.3) is 0 Å². The number of carbonyl (C=O) groups is 5. The molecule has 6 atom stereocenters.